The first kappa shape index (κ1) is 16.7. The Kier molecular flexibility index (Phi) is 6.96. The van der Waals surface area contributed by atoms with Gasteiger partial charge < -0.3 is 10.6 Å². The summed E-state index contributed by atoms with van der Waals surface area (Å²) in [7, 11) is 0. The van der Waals surface area contributed by atoms with Crippen LogP contribution < -0.4 is 10.6 Å². The molecule has 0 aliphatic carbocycles. The largest absolute Gasteiger partial charge is 0.347 e. The normalized spacial score (nSPS) is 11.3. The average molecular weight is 290 g/mol. The molecule has 0 saturated carbocycles. The number of rotatable bonds is 7. The van der Waals surface area contributed by atoms with Crippen LogP contribution in [0.4, 0.5) is 4.39 Å². The Morgan fingerprint density at radius 1 is 1.33 bits per heavy atom. The average Bonchev–Trinajstić information content (AvgIpc) is 2.49. The first-order valence-corrected chi connectivity index (χ1v) is 6.76. The van der Waals surface area contributed by atoms with E-state index in [4.69, 9.17) is 6.42 Å². The van der Waals surface area contributed by atoms with Crippen molar-refractivity contribution in [2.45, 2.75) is 19.8 Å². The Morgan fingerprint density at radius 3 is 2.71 bits per heavy atom. The number of hydrogen-bond donors (Lipinski definition) is 2. The van der Waals surface area contributed by atoms with Crippen LogP contribution in [0, 0.1) is 24.1 Å². The zero-order chi connectivity index (χ0) is 15.7. The summed E-state index contributed by atoms with van der Waals surface area (Å²) in [6, 6.07) is 6.49. The SMILES string of the molecule is C#CCNC(=O)CNC(=O)[C@@H](C)CCc1ccccc1F. The van der Waals surface area contributed by atoms with E-state index in [9.17, 15) is 14.0 Å². The lowest BCUT2D eigenvalue weighted by Gasteiger charge is -2.12. The topological polar surface area (TPSA) is 58.2 Å². The van der Waals surface area contributed by atoms with Gasteiger partial charge in [-0.1, -0.05) is 31.0 Å². The van der Waals surface area contributed by atoms with Crippen LogP contribution in [-0.4, -0.2) is 24.9 Å². The van der Waals surface area contributed by atoms with Gasteiger partial charge in [-0.15, -0.1) is 6.42 Å². The van der Waals surface area contributed by atoms with E-state index in [0.29, 0.717) is 18.4 Å². The van der Waals surface area contributed by atoms with Crippen LogP contribution in [-0.2, 0) is 16.0 Å². The van der Waals surface area contributed by atoms with Crippen molar-refractivity contribution < 1.29 is 14.0 Å². The lowest BCUT2D eigenvalue weighted by Crippen LogP contribution is -2.39. The van der Waals surface area contributed by atoms with Crippen molar-refractivity contribution in [1.82, 2.24) is 10.6 Å². The van der Waals surface area contributed by atoms with Crippen molar-refractivity contribution >= 4 is 11.8 Å². The molecule has 0 bridgehead atoms. The van der Waals surface area contributed by atoms with Crippen LogP contribution in [0.25, 0.3) is 0 Å². The maximum absolute atomic E-state index is 13.4. The van der Waals surface area contributed by atoms with Crippen LogP contribution in [0.1, 0.15) is 18.9 Å². The van der Waals surface area contributed by atoms with Gasteiger partial charge in [0.05, 0.1) is 13.1 Å². The van der Waals surface area contributed by atoms with E-state index in [-0.39, 0.29) is 36.6 Å². The number of aryl methyl sites for hydroxylation is 1. The molecule has 21 heavy (non-hydrogen) atoms. The van der Waals surface area contributed by atoms with Crippen molar-refractivity contribution in [2.24, 2.45) is 5.92 Å². The molecule has 0 fully saturated rings. The maximum atomic E-state index is 13.4. The van der Waals surface area contributed by atoms with Gasteiger partial charge in [0.15, 0.2) is 0 Å². The highest BCUT2D eigenvalue weighted by Gasteiger charge is 2.14. The van der Waals surface area contributed by atoms with E-state index < -0.39 is 0 Å². The summed E-state index contributed by atoms with van der Waals surface area (Å²) in [6.07, 6.45) is 5.99. The van der Waals surface area contributed by atoms with Crippen molar-refractivity contribution in [2.75, 3.05) is 13.1 Å². The molecule has 2 amide bonds. The molecule has 112 valence electrons. The fraction of sp³-hybridized carbons (Fsp3) is 0.375. The van der Waals surface area contributed by atoms with Crippen LogP contribution in [0.5, 0.6) is 0 Å². The Hall–Kier alpha value is -2.35. The quantitative estimate of drug-likeness (QED) is 0.743. The van der Waals surface area contributed by atoms with Crippen molar-refractivity contribution in [3.63, 3.8) is 0 Å². The first-order chi connectivity index (χ1) is 10.0. The molecule has 0 spiro atoms. The molecule has 0 aliphatic rings. The molecule has 0 heterocycles. The molecule has 5 heteroatoms. The maximum Gasteiger partial charge on any atom is 0.240 e. The molecule has 1 aromatic carbocycles. The van der Waals surface area contributed by atoms with Crippen LogP contribution >= 0.6 is 0 Å². The van der Waals surface area contributed by atoms with Gasteiger partial charge in [-0.05, 0) is 24.5 Å². The molecule has 2 N–H and O–H groups in total. The number of halogens is 1. The zero-order valence-electron chi connectivity index (χ0n) is 12.0. The molecule has 0 saturated heterocycles. The number of carbonyl (C=O) groups is 2. The van der Waals surface area contributed by atoms with Crippen molar-refractivity contribution in [1.29, 1.82) is 0 Å². The van der Waals surface area contributed by atoms with Gasteiger partial charge in [0.1, 0.15) is 5.82 Å². The van der Waals surface area contributed by atoms with E-state index in [1.54, 1.807) is 25.1 Å². The summed E-state index contributed by atoms with van der Waals surface area (Å²) in [5.74, 6) is 1.14. The minimum Gasteiger partial charge on any atom is -0.347 e. The van der Waals surface area contributed by atoms with Crippen molar-refractivity contribution in [3.8, 4) is 12.3 Å². The monoisotopic (exact) mass is 290 g/mol. The Labute approximate surface area is 124 Å². The van der Waals surface area contributed by atoms with Crippen LogP contribution in [0.3, 0.4) is 0 Å². The lowest BCUT2D eigenvalue weighted by molar-refractivity contribution is -0.128. The molecule has 1 aromatic rings. The van der Waals surface area contributed by atoms with Gasteiger partial charge in [-0.25, -0.2) is 4.39 Å². The Balaban J connectivity index is 2.33. The summed E-state index contributed by atoms with van der Waals surface area (Å²) in [5, 5.41) is 4.98. The van der Waals surface area contributed by atoms with Crippen LogP contribution in [0.2, 0.25) is 0 Å². The molecular formula is C16H19FN2O2. The third-order valence-electron chi connectivity index (χ3n) is 3.06. The fourth-order valence-electron chi connectivity index (χ4n) is 1.76. The molecule has 4 nitrogen and oxygen atoms in total. The first-order valence-electron chi connectivity index (χ1n) is 6.76. The summed E-state index contributed by atoms with van der Waals surface area (Å²) >= 11 is 0. The summed E-state index contributed by atoms with van der Waals surface area (Å²) in [5.41, 5.74) is 0.587. The van der Waals surface area contributed by atoms with E-state index in [1.807, 2.05) is 0 Å². The number of benzene rings is 1. The van der Waals surface area contributed by atoms with Gasteiger partial charge in [-0.2, -0.15) is 0 Å². The minimum absolute atomic E-state index is 0.107. The fourth-order valence-corrected chi connectivity index (χ4v) is 1.76. The number of amides is 2. The predicted molar refractivity (Wildman–Crippen MR) is 78.7 cm³/mol. The third kappa shape index (κ3) is 6.09. The molecule has 0 aromatic heterocycles. The summed E-state index contributed by atoms with van der Waals surface area (Å²) in [4.78, 5) is 23.1. The highest BCUT2D eigenvalue weighted by atomic mass is 19.1. The Morgan fingerprint density at radius 2 is 2.05 bits per heavy atom. The van der Waals surface area contributed by atoms with E-state index in [2.05, 4.69) is 16.6 Å². The van der Waals surface area contributed by atoms with Gasteiger partial charge in [0, 0.05) is 5.92 Å². The lowest BCUT2D eigenvalue weighted by atomic mass is 10.00. The number of hydrogen-bond acceptors (Lipinski definition) is 2. The second-order valence-electron chi connectivity index (χ2n) is 4.73. The van der Waals surface area contributed by atoms with E-state index in [1.165, 1.54) is 6.07 Å². The summed E-state index contributed by atoms with van der Waals surface area (Å²) in [6.45, 7) is 1.78. The molecule has 1 rings (SSSR count). The summed E-state index contributed by atoms with van der Waals surface area (Å²) < 4.78 is 13.4. The number of terminal acetylenes is 1. The van der Waals surface area contributed by atoms with E-state index in [0.717, 1.165) is 0 Å². The molecule has 1 atom stereocenters. The van der Waals surface area contributed by atoms with Gasteiger partial charge >= 0.3 is 0 Å². The van der Waals surface area contributed by atoms with Gasteiger partial charge in [-0.3, -0.25) is 9.59 Å². The number of nitrogens with one attached hydrogen (secondary N) is 2. The molecular weight excluding hydrogens is 271 g/mol. The van der Waals surface area contributed by atoms with Crippen LogP contribution in [0.15, 0.2) is 24.3 Å². The Bertz CT molecular complexity index is 537. The highest BCUT2D eigenvalue weighted by molar-refractivity contribution is 5.85. The third-order valence-corrected chi connectivity index (χ3v) is 3.06. The van der Waals surface area contributed by atoms with Gasteiger partial charge in [0.2, 0.25) is 11.8 Å². The molecule has 0 radical (unpaired) electrons. The standard InChI is InChI=1S/C16H19FN2O2/c1-3-10-18-15(20)11-19-16(21)12(2)8-9-13-6-4-5-7-14(13)17/h1,4-7,12H,8-11H2,2H3,(H,18,20)(H,19,21)/t12-/m0/s1. The zero-order valence-corrected chi connectivity index (χ0v) is 12.0. The minimum atomic E-state index is -0.331. The predicted octanol–water partition coefficient (Wildman–Crippen LogP) is 1.26. The second-order valence-corrected chi connectivity index (χ2v) is 4.73. The highest BCUT2D eigenvalue weighted by Crippen LogP contribution is 2.13. The smallest absolute Gasteiger partial charge is 0.240 e. The van der Waals surface area contributed by atoms with Crippen molar-refractivity contribution in [3.05, 3.63) is 35.6 Å². The van der Waals surface area contributed by atoms with E-state index >= 15 is 0 Å². The molecule has 0 aliphatic heterocycles. The van der Waals surface area contributed by atoms with Gasteiger partial charge in [0.25, 0.3) is 0 Å². The number of carbonyl (C=O) groups excluding carboxylic acids is 2. The second kappa shape index (κ2) is 8.75. The molecule has 0 unspecified atom stereocenters.